The van der Waals surface area contributed by atoms with Gasteiger partial charge in [0, 0.05) is 0 Å². The Labute approximate surface area is 68.7 Å². The highest BCUT2D eigenvalue weighted by molar-refractivity contribution is 6.43. The molecule has 2 nitrogen and oxygen atoms in total. The van der Waals surface area contributed by atoms with Gasteiger partial charge >= 0.3 is 0 Å². The van der Waals surface area contributed by atoms with Crippen LogP contribution < -0.4 is 0 Å². The molecular weight excluding hydrogens is 186 g/mol. The molecule has 9 heavy (non-hydrogen) atoms. The van der Waals surface area contributed by atoms with Crippen LogP contribution in [0.2, 0.25) is 0 Å². The summed E-state index contributed by atoms with van der Waals surface area (Å²) in [6.45, 7) is 1.37. The summed E-state index contributed by atoms with van der Waals surface area (Å²) in [6.07, 6.45) is 0. The molecule has 0 amide bonds. The van der Waals surface area contributed by atoms with Crippen molar-refractivity contribution in [3.05, 3.63) is 0 Å². The molecule has 0 aliphatic rings. The van der Waals surface area contributed by atoms with E-state index < -0.39 is 10.8 Å². The summed E-state index contributed by atoms with van der Waals surface area (Å²) in [5.74, 6) is -1.50. The molecule has 0 bridgehead atoms. The van der Waals surface area contributed by atoms with Crippen LogP contribution in [-0.4, -0.2) is 21.8 Å². The number of rotatable bonds is 3. The van der Waals surface area contributed by atoms with Gasteiger partial charge in [-0.05, 0) is 6.92 Å². The SMILES string of the molecule is CC(O)(CCl)OC(Cl)Cl. The Hall–Kier alpha value is 0.790. The van der Waals surface area contributed by atoms with E-state index in [9.17, 15) is 0 Å². The number of hydrogen-bond acceptors (Lipinski definition) is 2. The number of alkyl halides is 3. The van der Waals surface area contributed by atoms with Crippen LogP contribution >= 0.6 is 34.8 Å². The number of aliphatic hydroxyl groups is 1. The van der Waals surface area contributed by atoms with Crippen LogP contribution in [0.3, 0.4) is 0 Å². The minimum Gasteiger partial charge on any atom is -0.365 e. The van der Waals surface area contributed by atoms with E-state index in [1.165, 1.54) is 6.92 Å². The molecule has 0 fully saturated rings. The first-order chi connectivity index (χ1) is 3.98. The molecule has 0 aromatic rings. The lowest BCUT2D eigenvalue weighted by atomic mass is 10.4. The van der Waals surface area contributed by atoms with Crippen LogP contribution in [0.25, 0.3) is 0 Å². The maximum Gasteiger partial charge on any atom is 0.209 e. The highest BCUT2D eigenvalue weighted by atomic mass is 35.5. The number of ether oxygens (including phenoxy) is 1. The highest BCUT2D eigenvalue weighted by Gasteiger charge is 2.22. The molecule has 5 heteroatoms. The van der Waals surface area contributed by atoms with Crippen molar-refractivity contribution in [2.45, 2.75) is 17.7 Å². The first kappa shape index (κ1) is 9.79. The Morgan fingerprint density at radius 2 is 2.11 bits per heavy atom. The Bertz CT molecular complexity index is 83.9. The van der Waals surface area contributed by atoms with E-state index >= 15 is 0 Å². The monoisotopic (exact) mass is 192 g/mol. The van der Waals surface area contributed by atoms with E-state index in [-0.39, 0.29) is 5.88 Å². The first-order valence-electron chi connectivity index (χ1n) is 2.22. The van der Waals surface area contributed by atoms with Crippen molar-refractivity contribution in [3.8, 4) is 0 Å². The summed E-state index contributed by atoms with van der Waals surface area (Å²) in [7, 11) is 0. The van der Waals surface area contributed by atoms with Gasteiger partial charge in [-0.1, -0.05) is 23.2 Å². The molecule has 0 spiro atoms. The Morgan fingerprint density at radius 1 is 1.67 bits per heavy atom. The third kappa shape index (κ3) is 5.25. The predicted octanol–water partition coefficient (Wildman–Crippen LogP) is 1.71. The molecule has 0 saturated carbocycles. The standard InChI is InChI=1S/C4H7Cl3O2/c1-4(8,2-5)9-3(6)7/h3,8H,2H2,1H3. The van der Waals surface area contributed by atoms with Crippen LogP contribution in [0.15, 0.2) is 0 Å². The summed E-state index contributed by atoms with van der Waals surface area (Å²) in [5, 5.41) is 7.93. The van der Waals surface area contributed by atoms with Gasteiger partial charge in [-0.2, -0.15) is 0 Å². The van der Waals surface area contributed by atoms with Gasteiger partial charge in [0.2, 0.25) is 5.02 Å². The third-order valence-corrected chi connectivity index (χ3v) is 1.26. The summed E-state index contributed by atoms with van der Waals surface area (Å²) >= 11 is 15.6. The van der Waals surface area contributed by atoms with Crippen molar-refractivity contribution in [2.75, 3.05) is 5.88 Å². The van der Waals surface area contributed by atoms with Crippen LogP contribution in [0.4, 0.5) is 0 Å². The van der Waals surface area contributed by atoms with E-state index in [1.54, 1.807) is 0 Å². The Kier molecular flexibility index (Phi) is 4.17. The van der Waals surface area contributed by atoms with Gasteiger partial charge in [-0.25, -0.2) is 0 Å². The van der Waals surface area contributed by atoms with Gasteiger partial charge in [0.15, 0.2) is 5.79 Å². The maximum absolute atomic E-state index is 8.97. The van der Waals surface area contributed by atoms with Gasteiger partial charge in [0.05, 0.1) is 5.88 Å². The lowest BCUT2D eigenvalue weighted by Gasteiger charge is -2.20. The second-order valence-electron chi connectivity index (χ2n) is 1.69. The van der Waals surface area contributed by atoms with Crippen LogP contribution in [-0.2, 0) is 4.74 Å². The minimum atomic E-state index is -1.43. The van der Waals surface area contributed by atoms with Gasteiger partial charge in [-0.15, -0.1) is 11.6 Å². The van der Waals surface area contributed by atoms with Gasteiger partial charge in [-0.3, -0.25) is 0 Å². The van der Waals surface area contributed by atoms with Crippen LogP contribution in [0.5, 0.6) is 0 Å². The van der Waals surface area contributed by atoms with Crippen molar-refractivity contribution in [2.24, 2.45) is 0 Å². The molecule has 0 aliphatic heterocycles. The molecule has 1 atom stereocenters. The molecule has 56 valence electrons. The zero-order valence-electron chi connectivity index (χ0n) is 4.77. The van der Waals surface area contributed by atoms with Crippen molar-refractivity contribution in [1.82, 2.24) is 0 Å². The second-order valence-corrected chi connectivity index (χ2v) is 2.97. The molecular formula is C4H7Cl3O2. The maximum atomic E-state index is 8.97. The normalized spacial score (nSPS) is 18.0. The summed E-state index contributed by atoms with van der Waals surface area (Å²) in [6, 6.07) is 0. The van der Waals surface area contributed by atoms with Gasteiger partial charge < -0.3 is 9.84 Å². The molecule has 1 unspecified atom stereocenters. The van der Waals surface area contributed by atoms with Gasteiger partial charge in [0.1, 0.15) is 0 Å². The van der Waals surface area contributed by atoms with E-state index in [0.717, 1.165) is 0 Å². The van der Waals surface area contributed by atoms with Crippen molar-refractivity contribution in [3.63, 3.8) is 0 Å². The molecule has 0 radical (unpaired) electrons. The smallest absolute Gasteiger partial charge is 0.209 e. The fourth-order valence-corrected chi connectivity index (χ4v) is 0.670. The fourth-order valence-electron chi connectivity index (χ4n) is 0.223. The largest absolute Gasteiger partial charge is 0.365 e. The van der Waals surface area contributed by atoms with Crippen LogP contribution in [0.1, 0.15) is 6.92 Å². The lowest BCUT2D eigenvalue weighted by Crippen LogP contribution is -2.31. The molecule has 0 saturated heterocycles. The van der Waals surface area contributed by atoms with Crippen molar-refractivity contribution >= 4 is 34.8 Å². The summed E-state index contributed by atoms with van der Waals surface area (Å²) in [5.41, 5.74) is 0. The predicted molar refractivity (Wildman–Crippen MR) is 37.9 cm³/mol. The number of hydrogen-bond donors (Lipinski definition) is 1. The highest BCUT2D eigenvalue weighted by Crippen LogP contribution is 2.15. The zero-order valence-corrected chi connectivity index (χ0v) is 7.04. The zero-order chi connectivity index (χ0) is 7.49. The molecule has 1 N–H and O–H groups in total. The summed E-state index contributed by atoms with van der Waals surface area (Å²) < 4.78 is 4.54. The van der Waals surface area contributed by atoms with E-state index in [1.807, 2.05) is 0 Å². The first-order valence-corrected chi connectivity index (χ1v) is 3.63. The minimum absolute atomic E-state index is 0.0665. The molecule has 0 aromatic carbocycles. The third-order valence-electron chi connectivity index (χ3n) is 0.591. The molecule has 0 aliphatic carbocycles. The van der Waals surface area contributed by atoms with E-state index in [0.29, 0.717) is 0 Å². The van der Waals surface area contributed by atoms with E-state index in [2.05, 4.69) is 4.74 Å². The topological polar surface area (TPSA) is 29.5 Å². The average molecular weight is 193 g/mol. The summed E-state index contributed by atoms with van der Waals surface area (Å²) in [4.78, 5) is 0. The number of halogens is 3. The average Bonchev–Trinajstić information content (AvgIpc) is 1.63. The molecule has 0 heterocycles. The Morgan fingerprint density at radius 3 is 2.22 bits per heavy atom. The molecule has 0 aromatic heterocycles. The van der Waals surface area contributed by atoms with Crippen molar-refractivity contribution < 1.29 is 9.84 Å². The van der Waals surface area contributed by atoms with Gasteiger partial charge in [0.25, 0.3) is 0 Å². The lowest BCUT2D eigenvalue weighted by molar-refractivity contribution is -0.168. The van der Waals surface area contributed by atoms with Crippen molar-refractivity contribution in [1.29, 1.82) is 0 Å². The quantitative estimate of drug-likeness (QED) is 0.546. The second kappa shape index (κ2) is 3.84. The Balaban J connectivity index is 3.58. The molecule has 0 rings (SSSR count). The van der Waals surface area contributed by atoms with E-state index in [4.69, 9.17) is 39.9 Å². The van der Waals surface area contributed by atoms with Crippen LogP contribution in [0, 0.1) is 0 Å². The fraction of sp³-hybridized carbons (Fsp3) is 1.00.